The number of fused-ring (bicyclic) bond motifs is 1. The normalized spacial score (nSPS) is 16.5. The van der Waals surface area contributed by atoms with Gasteiger partial charge in [-0.2, -0.15) is 0 Å². The maximum Gasteiger partial charge on any atom is 0.246 e. The highest BCUT2D eigenvalue weighted by Gasteiger charge is 2.38. The van der Waals surface area contributed by atoms with E-state index in [1.807, 2.05) is 49.8 Å². The van der Waals surface area contributed by atoms with Gasteiger partial charge in [-0.1, -0.05) is 36.4 Å². The molecule has 1 aliphatic heterocycles. The number of imidazole rings is 1. The van der Waals surface area contributed by atoms with Gasteiger partial charge in [0, 0.05) is 38.8 Å². The molecule has 0 saturated carbocycles. The molecule has 3 aromatic rings. The monoisotopic (exact) mass is 403 g/mol. The van der Waals surface area contributed by atoms with Gasteiger partial charge in [-0.05, 0) is 31.5 Å². The molecule has 0 spiro atoms. The first kappa shape index (κ1) is 20.3. The lowest BCUT2D eigenvalue weighted by Crippen LogP contribution is -2.45. The van der Waals surface area contributed by atoms with Crippen molar-refractivity contribution in [2.75, 3.05) is 13.6 Å². The highest BCUT2D eigenvalue weighted by Crippen LogP contribution is 2.33. The fourth-order valence-electron chi connectivity index (χ4n) is 4.15. The molecule has 1 atom stereocenters. The van der Waals surface area contributed by atoms with Crippen molar-refractivity contribution in [2.24, 2.45) is 0 Å². The zero-order chi connectivity index (χ0) is 21.1. The molecular formula is C24H29N5O. The topological polar surface area (TPSA) is 54.3 Å². The van der Waals surface area contributed by atoms with Crippen molar-refractivity contribution in [1.29, 1.82) is 0 Å². The van der Waals surface area contributed by atoms with Crippen LogP contribution in [0.3, 0.4) is 0 Å². The second-order valence-electron chi connectivity index (χ2n) is 8.20. The average molecular weight is 404 g/mol. The van der Waals surface area contributed by atoms with Crippen LogP contribution in [0.5, 0.6) is 0 Å². The van der Waals surface area contributed by atoms with E-state index in [1.165, 1.54) is 5.56 Å². The van der Waals surface area contributed by atoms with Gasteiger partial charge in [0.1, 0.15) is 6.04 Å². The Kier molecular flexibility index (Phi) is 5.95. The summed E-state index contributed by atoms with van der Waals surface area (Å²) in [7, 11) is 1.86. The van der Waals surface area contributed by atoms with Gasteiger partial charge in [0.15, 0.2) is 0 Å². The van der Waals surface area contributed by atoms with Gasteiger partial charge in [0.05, 0.1) is 30.0 Å². The van der Waals surface area contributed by atoms with Gasteiger partial charge in [0.25, 0.3) is 0 Å². The average Bonchev–Trinajstić information content (AvgIpc) is 3.19. The highest BCUT2D eigenvalue weighted by molar-refractivity contribution is 5.83. The molecule has 6 heteroatoms. The summed E-state index contributed by atoms with van der Waals surface area (Å²) < 4.78 is 2.16. The Morgan fingerprint density at radius 1 is 1.13 bits per heavy atom. The summed E-state index contributed by atoms with van der Waals surface area (Å²) in [6.45, 7) is 6.30. The Morgan fingerprint density at radius 2 is 1.90 bits per heavy atom. The molecule has 156 valence electrons. The van der Waals surface area contributed by atoms with Crippen molar-refractivity contribution in [3.63, 3.8) is 0 Å². The smallest absolute Gasteiger partial charge is 0.246 e. The largest absolute Gasteiger partial charge is 0.338 e. The van der Waals surface area contributed by atoms with Crippen molar-refractivity contribution in [2.45, 2.75) is 45.4 Å². The molecule has 0 bridgehead atoms. The van der Waals surface area contributed by atoms with Crippen LogP contribution in [0.25, 0.3) is 0 Å². The first-order chi connectivity index (χ1) is 14.5. The Bertz CT molecular complexity index is 983. The number of likely N-dealkylation sites (N-methyl/N-ethyl adjacent to an activating group) is 1. The summed E-state index contributed by atoms with van der Waals surface area (Å²) in [5.74, 6) is 0.0833. The second-order valence-corrected chi connectivity index (χ2v) is 8.20. The van der Waals surface area contributed by atoms with Crippen LogP contribution in [0.15, 0.2) is 61.1 Å². The van der Waals surface area contributed by atoms with Crippen molar-refractivity contribution in [3.05, 3.63) is 83.7 Å². The number of nitrogens with zero attached hydrogens (tertiary/aromatic N) is 5. The molecule has 0 N–H and O–H groups in total. The molecule has 30 heavy (non-hydrogen) atoms. The van der Waals surface area contributed by atoms with Crippen LogP contribution in [0.4, 0.5) is 0 Å². The summed E-state index contributed by atoms with van der Waals surface area (Å²) in [5, 5.41) is 0. The summed E-state index contributed by atoms with van der Waals surface area (Å²) in [6, 6.07) is 16.0. The number of carbonyl (C=O) groups is 1. The van der Waals surface area contributed by atoms with E-state index in [1.54, 1.807) is 11.1 Å². The van der Waals surface area contributed by atoms with E-state index in [4.69, 9.17) is 0 Å². The number of amides is 1. The number of pyridine rings is 1. The number of hydrogen-bond donors (Lipinski definition) is 0. The lowest BCUT2D eigenvalue weighted by atomic mass is 9.99. The van der Waals surface area contributed by atoms with Crippen LogP contribution in [0.2, 0.25) is 0 Å². The van der Waals surface area contributed by atoms with E-state index >= 15 is 0 Å². The van der Waals surface area contributed by atoms with E-state index in [0.717, 1.165) is 36.6 Å². The van der Waals surface area contributed by atoms with E-state index < -0.39 is 0 Å². The van der Waals surface area contributed by atoms with Crippen molar-refractivity contribution in [3.8, 4) is 0 Å². The molecule has 6 nitrogen and oxygen atoms in total. The summed E-state index contributed by atoms with van der Waals surface area (Å²) in [4.78, 5) is 26.9. The number of rotatable bonds is 6. The van der Waals surface area contributed by atoms with Crippen LogP contribution >= 0.6 is 0 Å². The number of aromatic nitrogens is 3. The van der Waals surface area contributed by atoms with Gasteiger partial charge < -0.3 is 9.47 Å². The Balaban J connectivity index is 1.67. The number of carbonyl (C=O) groups excluding carboxylic acids is 1. The third-order valence-corrected chi connectivity index (χ3v) is 5.69. The third-order valence-electron chi connectivity index (χ3n) is 5.69. The second kappa shape index (κ2) is 8.79. The molecule has 1 aromatic carbocycles. The summed E-state index contributed by atoms with van der Waals surface area (Å²) in [5.41, 5.74) is 4.17. The Labute approximate surface area is 178 Å². The first-order valence-electron chi connectivity index (χ1n) is 10.5. The minimum Gasteiger partial charge on any atom is -0.338 e. The quantitative estimate of drug-likeness (QED) is 0.631. The standard InChI is InChI=1S/C24H29N5O/c1-18(2)29-17-26-21-12-14-28(15-19-9-5-4-6-10-19)23(22(21)29)24(30)27(3)16-20-11-7-8-13-25-20/h4-11,13,17-18,23H,12,14-16H2,1-3H3. The van der Waals surface area contributed by atoms with E-state index in [-0.39, 0.29) is 18.0 Å². The zero-order valence-electron chi connectivity index (χ0n) is 17.9. The van der Waals surface area contributed by atoms with E-state index in [0.29, 0.717) is 6.54 Å². The predicted molar refractivity (Wildman–Crippen MR) is 117 cm³/mol. The third kappa shape index (κ3) is 4.14. The van der Waals surface area contributed by atoms with Gasteiger partial charge in [0.2, 0.25) is 5.91 Å². The molecule has 0 aliphatic carbocycles. The maximum atomic E-state index is 13.8. The number of benzene rings is 1. The maximum absolute atomic E-state index is 13.8. The molecule has 0 saturated heterocycles. The summed E-state index contributed by atoms with van der Waals surface area (Å²) in [6.07, 6.45) is 4.51. The fourth-order valence-corrected chi connectivity index (χ4v) is 4.15. The van der Waals surface area contributed by atoms with Crippen molar-refractivity contribution >= 4 is 5.91 Å². The molecule has 0 fully saturated rings. The van der Waals surface area contributed by atoms with Gasteiger partial charge in [-0.25, -0.2) is 4.98 Å². The lowest BCUT2D eigenvalue weighted by molar-refractivity contribution is -0.137. The van der Waals surface area contributed by atoms with Crippen LogP contribution in [-0.4, -0.2) is 43.8 Å². The molecule has 1 unspecified atom stereocenters. The first-order valence-corrected chi connectivity index (χ1v) is 10.5. The van der Waals surface area contributed by atoms with Crippen LogP contribution < -0.4 is 0 Å². The fraction of sp³-hybridized carbons (Fsp3) is 0.375. The Hall–Kier alpha value is -2.99. The minimum absolute atomic E-state index is 0.0833. The minimum atomic E-state index is -0.354. The van der Waals surface area contributed by atoms with E-state index in [9.17, 15) is 4.79 Å². The van der Waals surface area contributed by atoms with Crippen molar-refractivity contribution in [1.82, 2.24) is 24.3 Å². The highest BCUT2D eigenvalue weighted by atomic mass is 16.2. The zero-order valence-corrected chi connectivity index (χ0v) is 17.9. The van der Waals surface area contributed by atoms with Crippen LogP contribution in [0.1, 0.15) is 48.6 Å². The molecule has 3 heterocycles. The van der Waals surface area contributed by atoms with Gasteiger partial charge in [-0.15, -0.1) is 0 Å². The van der Waals surface area contributed by atoms with Crippen LogP contribution in [-0.2, 0) is 24.3 Å². The SMILES string of the molecule is CC(C)n1cnc2c1C(C(=O)N(C)Cc1ccccn1)N(Cc1ccccc1)CC2. The van der Waals surface area contributed by atoms with E-state index in [2.05, 4.69) is 45.4 Å². The van der Waals surface area contributed by atoms with Crippen molar-refractivity contribution < 1.29 is 4.79 Å². The van der Waals surface area contributed by atoms with Gasteiger partial charge in [-0.3, -0.25) is 14.7 Å². The van der Waals surface area contributed by atoms with Crippen LogP contribution in [0, 0.1) is 0 Å². The molecular weight excluding hydrogens is 374 g/mol. The predicted octanol–water partition coefficient (Wildman–Crippen LogP) is 3.62. The molecule has 0 radical (unpaired) electrons. The lowest BCUT2D eigenvalue weighted by Gasteiger charge is -2.37. The number of hydrogen-bond acceptors (Lipinski definition) is 4. The molecule has 1 amide bonds. The van der Waals surface area contributed by atoms with Gasteiger partial charge >= 0.3 is 0 Å². The molecule has 2 aromatic heterocycles. The Morgan fingerprint density at radius 3 is 2.60 bits per heavy atom. The molecule has 1 aliphatic rings. The summed E-state index contributed by atoms with van der Waals surface area (Å²) >= 11 is 0. The molecule has 4 rings (SSSR count).